The Hall–Kier alpha value is -1.13. The quantitative estimate of drug-likeness (QED) is 0.830. The van der Waals surface area contributed by atoms with E-state index in [0.717, 1.165) is 23.2 Å². The molecule has 4 heterocycles. The Morgan fingerprint density at radius 1 is 1.22 bits per heavy atom. The Morgan fingerprint density at radius 3 is 2.78 bits per heavy atom. The van der Waals surface area contributed by atoms with Crippen molar-refractivity contribution < 1.29 is 4.74 Å². The van der Waals surface area contributed by atoms with Crippen LogP contribution in [0.1, 0.15) is 12.8 Å². The van der Waals surface area contributed by atoms with Gasteiger partial charge < -0.3 is 4.74 Å². The van der Waals surface area contributed by atoms with Gasteiger partial charge in [-0.3, -0.25) is 4.90 Å². The van der Waals surface area contributed by atoms with Crippen LogP contribution in [0.2, 0.25) is 0 Å². The van der Waals surface area contributed by atoms with Gasteiger partial charge in [0, 0.05) is 6.54 Å². The highest BCUT2D eigenvalue weighted by Gasteiger charge is 2.35. The number of para-hydroxylation sites is 1. The molecule has 0 spiro atoms. The summed E-state index contributed by atoms with van der Waals surface area (Å²) in [5, 5.41) is 0.843. The molecule has 0 amide bonds. The maximum atomic E-state index is 6.14. The molecule has 3 aliphatic rings. The van der Waals surface area contributed by atoms with E-state index < -0.39 is 0 Å². The van der Waals surface area contributed by atoms with Crippen LogP contribution in [0.5, 0.6) is 5.19 Å². The van der Waals surface area contributed by atoms with Crippen LogP contribution in [-0.2, 0) is 0 Å². The van der Waals surface area contributed by atoms with Crippen molar-refractivity contribution >= 4 is 21.6 Å². The average molecular weight is 260 g/mol. The lowest BCUT2D eigenvalue weighted by atomic mass is 9.86. The summed E-state index contributed by atoms with van der Waals surface area (Å²) >= 11 is 1.67. The summed E-state index contributed by atoms with van der Waals surface area (Å²) in [6, 6.07) is 8.24. The van der Waals surface area contributed by atoms with Gasteiger partial charge in [0.15, 0.2) is 0 Å². The molecule has 1 unspecified atom stereocenters. The highest BCUT2D eigenvalue weighted by atomic mass is 32.1. The largest absolute Gasteiger partial charge is 0.465 e. The normalized spacial score (nSPS) is 30.8. The highest BCUT2D eigenvalue weighted by molar-refractivity contribution is 7.20. The first-order chi connectivity index (χ1) is 8.88. The maximum absolute atomic E-state index is 6.14. The number of fused-ring (bicyclic) bond motifs is 4. The Kier molecular flexibility index (Phi) is 2.52. The first-order valence-corrected chi connectivity index (χ1v) is 7.45. The van der Waals surface area contributed by atoms with Gasteiger partial charge in [-0.1, -0.05) is 23.5 Å². The topological polar surface area (TPSA) is 25.4 Å². The van der Waals surface area contributed by atoms with Gasteiger partial charge in [0.25, 0.3) is 5.19 Å². The molecule has 2 aromatic rings. The molecule has 5 rings (SSSR count). The number of aromatic nitrogens is 1. The van der Waals surface area contributed by atoms with Gasteiger partial charge in [-0.05, 0) is 44.0 Å². The van der Waals surface area contributed by atoms with E-state index in [-0.39, 0.29) is 0 Å². The second kappa shape index (κ2) is 4.21. The van der Waals surface area contributed by atoms with Crippen LogP contribution in [0.3, 0.4) is 0 Å². The molecule has 0 saturated carbocycles. The van der Waals surface area contributed by atoms with E-state index in [0.29, 0.717) is 6.10 Å². The standard InChI is InChI=1S/C14H16N2OS/c1-2-4-13-11(3-1)15-14(18-13)17-12-9-16-7-5-10(12)6-8-16/h1-4,10,12H,5-9H2. The zero-order valence-electron chi connectivity index (χ0n) is 10.2. The minimum Gasteiger partial charge on any atom is -0.465 e. The molecule has 0 N–H and O–H groups in total. The molecule has 0 aliphatic carbocycles. The number of nitrogens with zero attached hydrogens (tertiary/aromatic N) is 2. The third kappa shape index (κ3) is 1.80. The van der Waals surface area contributed by atoms with Crippen LogP contribution in [0.4, 0.5) is 0 Å². The molecule has 2 bridgehead atoms. The van der Waals surface area contributed by atoms with Crippen LogP contribution in [0.15, 0.2) is 24.3 Å². The number of thiazole rings is 1. The van der Waals surface area contributed by atoms with Crippen LogP contribution in [0, 0.1) is 5.92 Å². The summed E-state index contributed by atoms with van der Waals surface area (Å²) in [5.41, 5.74) is 1.05. The summed E-state index contributed by atoms with van der Waals surface area (Å²) in [7, 11) is 0. The van der Waals surface area contributed by atoms with E-state index in [2.05, 4.69) is 28.1 Å². The molecule has 1 aromatic carbocycles. The average Bonchev–Trinajstić information content (AvgIpc) is 2.82. The summed E-state index contributed by atoms with van der Waals surface area (Å²) < 4.78 is 7.36. The van der Waals surface area contributed by atoms with E-state index in [1.54, 1.807) is 11.3 Å². The smallest absolute Gasteiger partial charge is 0.274 e. The summed E-state index contributed by atoms with van der Waals surface area (Å²) in [6.07, 6.45) is 2.93. The fourth-order valence-corrected chi connectivity index (χ4v) is 3.94. The number of rotatable bonds is 2. The van der Waals surface area contributed by atoms with Gasteiger partial charge in [0.05, 0.1) is 10.2 Å². The zero-order chi connectivity index (χ0) is 11.9. The van der Waals surface area contributed by atoms with Crippen LogP contribution >= 0.6 is 11.3 Å². The summed E-state index contributed by atoms with van der Waals surface area (Å²) in [5.74, 6) is 0.738. The predicted molar refractivity (Wildman–Crippen MR) is 73.2 cm³/mol. The Labute approximate surface area is 110 Å². The molecular weight excluding hydrogens is 244 g/mol. The SMILES string of the molecule is c1ccc2sc(OC3CN4CCC3CC4)nc2c1. The predicted octanol–water partition coefficient (Wildman–Crippen LogP) is 2.77. The van der Waals surface area contributed by atoms with Gasteiger partial charge in [-0.2, -0.15) is 0 Å². The highest BCUT2D eigenvalue weighted by Crippen LogP contribution is 2.33. The van der Waals surface area contributed by atoms with E-state index >= 15 is 0 Å². The van der Waals surface area contributed by atoms with Crippen molar-refractivity contribution in [3.05, 3.63) is 24.3 Å². The Morgan fingerprint density at radius 2 is 2.06 bits per heavy atom. The monoisotopic (exact) mass is 260 g/mol. The van der Waals surface area contributed by atoms with E-state index in [1.807, 2.05) is 6.07 Å². The molecule has 3 nitrogen and oxygen atoms in total. The zero-order valence-corrected chi connectivity index (χ0v) is 11.0. The molecule has 94 valence electrons. The van der Waals surface area contributed by atoms with Crippen LogP contribution in [0.25, 0.3) is 10.2 Å². The number of hydrogen-bond acceptors (Lipinski definition) is 4. The minimum atomic E-state index is 0.355. The van der Waals surface area contributed by atoms with Crippen molar-refractivity contribution in [3.63, 3.8) is 0 Å². The van der Waals surface area contributed by atoms with Crippen molar-refractivity contribution in [2.24, 2.45) is 5.92 Å². The lowest BCUT2D eigenvalue weighted by Crippen LogP contribution is -2.52. The molecule has 3 fully saturated rings. The fraction of sp³-hybridized carbons (Fsp3) is 0.500. The molecule has 0 radical (unpaired) electrons. The maximum Gasteiger partial charge on any atom is 0.274 e. The molecule has 3 aliphatic heterocycles. The second-order valence-electron chi connectivity index (χ2n) is 5.24. The molecule has 18 heavy (non-hydrogen) atoms. The first kappa shape index (κ1) is 10.8. The molecule has 1 aromatic heterocycles. The van der Waals surface area contributed by atoms with Gasteiger partial charge in [-0.15, -0.1) is 0 Å². The fourth-order valence-electron chi connectivity index (χ4n) is 3.08. The summed E-state index contributed by atoms with van der Waals surface area (Å²) in [6.45, 7) is 3.59. The molecule has 4 heteroatoms. The number of hydrogen-bond donors (Lipinski definition) is 0. The van der Waals surface area contributed by atoms with E-state index in [1.165, 1.54) is 30.6 Å². The lowest BCUT2D eigenvalue weighted by molar-refractivity contribution is -0.00774. The number of ether oxygens (including phenoxy) is 1. The number of benzene rings is 1. The van der Waals surface area contributed by atoms with Crippen molar-refractivity contribution in [1.82, 2.24) is 9.88 Å². The number of piperidine rings is 3. The van der Waals surface area contributed by atoms with Gasteiger partial charge in [0.1, 0.15) is 6.10 Å². The lowest BCUT2D eigenvalue weighted by Gasteiger charge is -2.43. The van der Waals surface area contributed by atoms with E-state index in [9.17, 15) is 0 Å². The van der Waals surface area contributed by atoms with Gasteiger partial charge in [-0.25, -0.2) is 4.98 Å². The third-order valence-corrected chi connectivity index (χ3v) is 5.05. The van der Waals surface area contributed by atoms with Crippen molar-refractivity contribution in [1.29, 1.82) is 0 Å². The van der Waals surface area contributed by atoms with Crippen molar-refractivity contribution in [2.75, 3.05) is 19.6 Å². The Balaban J connectivity index is 1.57. The first-order valence-electron chi connectivity index (χ1n) is 6.63. The minimum absolute atomic E-state index is 0.355. The van der Waals surface area contributed by atoms with Crippen molar-refractivity contribution in [3.8, 4) is 5.19 Å². The third-order valence-electron chi connectivity index (χ3n) is 4.12. The van der Waals surface area contributed by atoms with Crippen molar-refractivity contribution in [2.45, 2.75) is 18.9 Å². The van der Waals surface area contributed by atoms with E-state index in [4.69, 9.17) is 4.74 Å². The van der Waals surface area contributed by atoms with Crippen LogP contribution in [-0.4, -0.2) is 35.6 Å². The second-order valence-corrected chi connectivity index (χ2v) is 6.24. The molecule has 1 atom stereocenters. The van der Waals surface area contributed by atoms with Gasteiger partial charge >= 0.3 is 0 Å². The molecular formula is C14H16N2OS. The van der Waals surface area contributed by atoms with Gasteiger partial charge in [0.2, 0.25) is 0 Å². The van der Waals surface area contributed by atoms with Crippen LogP contribution < -0.4 is 4.74 Å². The summed E-state index contributed by atoms with van der Waals surface area (Å²) in [4.78, 5) is 7.08. The Bertz CT molecular complexity index is 527. The molecule has 3 saturated heterocycles.